The second-order valence-electron chi connectivity index (χ2n) is 5.70. The quantitative estimate of drug-likeness (QED) is 0.859. The maximum absolute atomic E-state index is 3.74. The molecule has 2 heteroatoms. The van der Waals surface area contributed by atoms with Gasteiger partial charge in [-0.1, -0.05) is 36.8 Å². The molecule has 2 atom stereocenters. The highest BCUT2D eigenvalue weighted by atomic mass is 15.1. The summed E-state index contributed by atoms with van der Waals surface area (Å²) in [5.74, 6) is 0.828. The molecule has 1 saturated heterocycles. The van der Waals surface area contributed by atoms with Crippen molar-refractivity contribution < 1.29 is 0 Å². The fraction of sp³-hybridized carbons (Fsp3) is 0.625. The van der Waals surface area contributed by atoms with E-state index in [1.165, 1.54) is 30.6 Å². The van der Waals surface area contributed by atoms with Crippen molar-refractivity contribution in [1.29, 1.82) is 0 Å². The molecule has 1 aromatic rings. The number of likely N-dealkylation sites (tertiary alicyclic amines) is 1. The van der Waals surface area contributed by atoms with E-state index in [0.29, 0.717) is 6.04 Å². The first kappa shape index (κ1) is 13.6. The Balaban J connectivity index is 1.87. The summed E-state index contributed by atoms with van der Waals surface area (Å²) in [4.78, 5) is 2.43. The monoisotopic (exact) mass is 246 g/mol. The Morgan fingerprint density at radius 2 is 2.06 bits per heavy atom. The minimum Gasteiger partial charge on any atom is -0.310 e. The lowest BCUT2D eigenvalue weighted by atomic mass is 10.0. The van der Waals surface area contributed by atoms with Crippen molar-refractivity contribution in [2.45, 2.75) is 32.7 Å². The fourth-order valence-corrected chi connectivity index (χ4v) is 2.80. The molecule has 0 radical (unpaired) electrons. The first-order chi connectivity index (χ1) is 8.69. The molecule has 1 N–H and O–H groups in total. The second kappa shape index (κ2) is 6.35. The van der Waals surface area contributed by atoms with Crippen molar-refractivity contribution in [3.8, 4) is 0 Å². The summed E-state index contributed by atoms with van der Waals surface area (Å²) in [5, 5.41) is 3.74. The Bertz CT molecular complexity index is 358. The Morgan fingerprint density at radius 3 is 2.61 bits per heavy atom. The third-order valence-electron chi connectivity index (χ3n) is 4.03. The zero-order chi connectivity index (χ0) is 13.0. The van der Waals surface area contributed by atoms with Gasteiger partial charge in [0.15, 0.2) is 0 Å². The zero-order valence-electron chi connectivity index (χ0n) is 11.9. The fourth-order valence-electron chi connectivity index (χ4n) is 2.80. The molecule has 0 spiro atoms. The van der Waals surface area contributed by atoms with Gasteiger partial charge in [-0.2, -0.15) is 0 Å². The van der Waals surface area contributed by atoms with E-state index in [-0.39, 0.29) is 0 Å². The Labute approximate surface area is 111 Å². The molecule has 1 aliphatic heterocycles. The number of nitrogens with one attached hydrogen (secondary N) is 1. The number of hydrogen-bond donors (Lipinski definition) is 1. The molecule has 1 heterocycles. The molecule has 0 aliphatic carbocycles. The molecule has 1 fully saturated rings. The minimum atomic E-state index is 0.511. The zero-order valence-corrected chi connectivity index (χ0v) is 11.9. The molecule has 0 saturated carbocycles. The van der Waals surface area contributed by atoms with Crippen LogP contribution in [0.15, 0.2) is 24.3 Å². The maximum atomic E-state index is 3.74. The van der Waals surface area contributed by atoms with Crippen molar-refractivity contribution >= 4 is 0 Å². The number of rotatable bonds is 5. The van der Waals surface area contributed by atoms with Crippen molar-refractivity contribution in [3.63, 3.8) is 0 Å². The van der Waals surface area contributed by atoms with Crippen LogP contribution >= 0.6 is 0 Å². The summed E-state index contributed by atoms with van der Waals surface area (Å²) >= 11 is 0. The van der Waals surface area contributed by atoms with Gasteiger partial charge in [0.25, 0.3) is 0 Å². The third kappa shape index (κ3) is 3.56. The summed E-state index contributed by atoms with van der Waals surface area (Å²) < 4.78 is 0. The van der Waals surface area contributed by atoms with Crippen LogP contribution in [0.1, 0.15) is 36.9 Å². The normalized spacial score (nSPS) is 22.3. The van der Waals surface area contributed by atoms with E-state index in [1.807, 2.05) is 0 Å². The molecule has 2 rings (SSSR count). The summed E-state index contributed by atoms with van der Waals surface area (Å²) in [7, 11) is 2.22. The van der Waals surface area contributed by atoms with Gasteiger partial charge in [0.2, 0.25) is 0 Å². The van der Waals surface area contributed by atoms with Crippen molar-refractivity contribution in [1.82, 2.24) is 10.2 Å². The topological polar surface area (TPSA) is 15.3 Å². The predicted molar refractivity (Wildman–Crippen MR) is 77.8 cm³/mol. The van der Waals surface area contributed by atoms with E-state index in [0.717, 1.165) is 18.9 Å². The van der Waals surface area contributed by atoms with Gasteiger partial charge in [0.1, 0.15) is 0 Å². The Morgan fingerprint density at radius 1 is 1.33 bits per heavy atom. The van der Waals surface area contributed by atoms with Gasteiger partial charge in [-0.15, -0.1) is 0 Å². The molecule has 0 aromatic heterocycles. The number of nitrogens with zero attached hydrogens (tertiary/aromatic N) is 1. The summed E-state index contributed by atoms with van der Waals surface area (Å²) in [6, 6.07) is 9.46. The van der Waals surface area contributed by atoms with Gasteiger partial charge in [-0.05, 0) is 51.4 Å². The summed E-state index contributed by atoms with van der Waals surface area (Å²) in [6.07, 6.45) is 2.50. The SMILES string of the molecule is CCC(NCC1CCN(C)C1)c1ccc(C)cc1. The number of aryl methyl sites for hydroxylation is 1. The molecule has 0 bridgehead atoms. The van der Waals surface area contributed by atoms with Crippen LogP contribution in [-0.4, -0.2) is 31.6 Å². The van der Waals surface area contributed by atoms with Gasteiger partial charge < -0.3 is 10.2 Å². The van der Waals surface area contributed by atoms with E-state index in [1.54, 1.807) is 0 Å². The Kier molecular flexibility index (Phi) is 4.79. The number of hydrogen-bond acceptors (Lipinski definition) is 2. The van der Waals surface area contributed by atoms with Crippen LogP contribution < -0.4 is 5.32 Å². The van der Waals surface area contributed by atoms with Crippen LogP contribution in [-0.2, 0) is 0 Å². The molecule has 100 valence electrons. The molecular weight excluding hydrogens is 220 g/mol. The lowest BCUT2D eigenvalue weighted by Crippen LogP contribution is -2.28. The molecule has 0 amide bonds. The lowest BCUT2D eigenvalue weighted by molar-refractivity contribution is 0.377. The molecule has 2 nitrogen and oxygen atoms in total. The van der Waals surface area contributed by atoms with E-state index in [4.69, 9.17) is 0 Å². The predicted octanol–water partition coefficient (Wildman–Crippen LogP) is 2.99. The van der Waals surface area contributed by atoms with E-state index >= 15 is 0 Å². The summed E-state index contributed by atoms with van der Waals surface area (Å²) in [6.45, 7) is 8.06. The molecule has 18 heavy (non-hydrogen) atoms. The van der Waals surface area contributed by atoms with Crippen LogP contribution in [0.2, 0.25) is 0 Å². The van der Waals surface area contributed by atoms with Gasteiger partial charge in [-0.25, -0.2) is 0 Å². The average Bonchev–Trinajstić information content (AvgIpc) is 2.78. The van der Waals surface area contributed by atoms with Crippen molar-refractivity contribution in [3.05, 3.63) is 35.4 Å². The van der Waals surface area contributed by atoms with Gasteiger partial charge in [-0.3, -0.25) is 0 Å². The van der Waals surface area contributed by atoms with E-state index in [9.17, 15) is 0 Å². The second-order valence-corrected chi connectivity index (χ2v) is 5.70. The molecule has 1 aromatic carbocycles. The molecule has 2 unspecified atom stereocenters. The van der Waals surface area contributed by atoms with Crippen LogP contribution in [0.3, 0.4) is 0 Å². The standard InChI is InChI=1S/C16H26N2/c1-4-16(15-7-5-13(2)6-8-15)17-11-14-9-10-18(3)12-14/h5-8,14,16-17H,4,9-12H2,1-3H3. The van der Waals surface area contributed by atoms with Crippen molar-refractivity contribution in [2.24, 2.45) is 5.92 Å². The average molecular weight is 246 g/mol. The highest BCUT2D eigenvalue weighted by molar-refractivity contribution is 5.24. The highest BCUT2D eigenvalue weighted by Crippen LogP contribution is 2.19. The van der Waals surface area contributed by atoms with Gasteiger partial charge in [0, 0.05) is 12.6 Å². The summed E-state index contributed by atoms with van der Waals surface area (Å²) in [5.41, 5.74) is 2.76. The first-order valence-electron chi connectivity index (χ1n) is 7.17. The van der Waals surface area contributed by atoms with Crippen LogP contribution in [0.25, 0.3) is 0 Å². The number of benzene rings is 1. The molecular formula is C16H26N2. The van der Waals surface area contributed by atoms with E-state index in [2.05, 4.69) is 55.4 Å². The van der Waals surface area contributed by atoms with Gasteiger partial charge in [0.05, 0.1) is 0 Å². The highest BCUT2D eigenvalue weighted by Gasteiger charge is 2.20. The lowest BCUT2D eigenvalue weighted by Gasteiger charge is -2.20. The molecule has 1 aliphatic rings. The van der Waals surface area contributed by atoms with E-state index < -0.39 is 0 Å². The van der Waals surface area contributed by atoms with Crippen molar-refractivity contribution in [2.75, 3.05) is 26.7 Å². The third-order valence-corrected chi connectivity index (χ3v) is 4.03. The van der Waals surface area contributed by atoms with Crippen LogP contribution in [0, 0.1) is 12.8 Å². The van der Waals surface area contributed by atoms with Gasteiger partial charge >= 0.3 is 0 Å². The maximum Gasteiger partial charge on any atom is 0.0317 e. The Hall–Kier alpha value is -0.860. The minimum absolute atomic E-state index is 0.511. The first-order valence-corrected chi connectivity index (χ1v) is 7.17. The van der Waals surface area contributed by atoms with Crippen LogP contribution in [0.5, 0.6) is 0 Å². The van der Waals surface area contributed by atoms with Crippen LogP contribution in [0.4, 0.5) is 0 Å². The smallest absolute Gasteiger partial charge is 0.0317 e. The largest absolute Gasteiger partial charge is 0.310 e.